The minimum absolute atomic E-state index is 0.247. The summed E-state index contributed by atoms with van der Waals surface area (Å²) in [4.78, 5) is 9.49. The Morgan fingerprint density at radius 3 is 1.00 bits per heavy atom. The molecule has 152 valence electrons. The van der Waals surface area contributed by atoms with Crippen molar-refractivity contribution < 1.29 is 10.2 Å². The molecule has 0 aliphatic rings. The van der Waals surface area contributed by atoms with Crippen molar-refractivity contribution in [2.45, 2.75) is 32.1 Å². The zero-order chi connectivity index (χ0) is 18.9. The predicted octanol–water partition coefficient (Wildman–Crippen LogP) is 0.649. The van der Waals surface area contributed by atoms with Gasteiger partial charge in [-0.25, -0.2) is 0 Å². The maximum atomic E-state index is 9.05. The number of hydrogen-bond acceptors (Lipinski definition) is 6. The predicted molar refractivity (Wildman–Crippen MR) is 107 cm³/mol. The van der Waals surface area contributed by atoms with Crippen molar-refractivity contribution in [2.75, 3.05) is 93.8 Å². The Hall–Kier alpha value is -0.240. The van der Waals surface area contributed by atoms with Gasteiger partial charge in [0.15, 0.2) is 0 Å². The molecule has 0 aromatic heterocycles. The number of nitrogens with zero attached hydrogens (tertiary/aromatic N) is 4. The second kappa shape index (κ2) is 17.2. The third kappa shape index (κ3) is 17.0. The molecule has 0 atom stereocenters. The highest BCUT2D eigenvalue weighted by molar-refractivity contribution is 4.64. The van der Waals surface area contributed by atoms with E-state index in [4.69, 9.17) is 10.2 Å². The standard InChI is InChI=1S/C19H44N4O2/c1-20(2)10-5-12-22(13-6-11-21(3)4)14-7-15-23(16-8-18-24)17-9-19-25/h24-25H,5-19H2,1-4H3. The molecule has 0 aliphatic carbocycles. The number of rotatable bonds is 18. The summed E-state index contributed by atoms with van der Waals surface area (Å²) in [6.07, 6.45) is 5.23. The van der Waals surface area contributed by atoms with Crippen molar-refractivity contribution in [3.05, 3.63) is 0 Å². The monoisotopic (exact) mass is 360 g/mol. The van der Waals surface area contributed by atoms with Gasteiger partial charge < -0.3 is 29.8 Å². The maximum absolute atomic E-state index is 9.05. The molecule has 0 rings (SSSR count). The lowest BCUT2D eigenvalue weighted by molar-refractivity contribution is 0.184. The van der Waals surface area contributed by atoms with Crippen LogP contribution in [-0.2, 0) is 0 Å². The molecule has 0 aromatic rings. The van der Waals surface area contributed by atoms with Crippen molar-refractivity contribution in [1.82, 2.24) is 19.6 Å². The average Bonchev–Trinajstić information content (AvgIpc) is 2.55. The fourth-order valence-corrected chi connectivity index (χ4v) is 3.00. The van der Waals surface area contributed by atoms with Crippen LogP contribution in [0.15, 0.2) is 0 Å². The van der Waals surface area contributed by atoms with Gasteiger partial charge in [0.1, 0.15) is 0 Å². The Bertz CT molecular complexity index is 256. The van der Waals surface area contributed by atoms with Crippen LogP contribution < -0.4 is 0 Å². The van der Waals surface area contributed by atoms with E-state index >= 15 is 0 Å². The molecule has 0 aliphatic heterocycles. The Balaban J connectivity index is 4.19. The van der Waals surface area contributed by atoms with Crippen LogP contribution in [0.4, 0.5) is 0 Å². The first-order valence-electron chi connectivity index (χ1n) is 9.95. The van der Waals surface area contributed by atoms with E-state index in [1.54, 1.807) is 0 Å². The average molecular weight is 361 g/mol. The van der Waals surface area contributed by atoms with E-state index in [-0.39, 0.29) is 13.2 Å². The number of aliphatic hydroxyl groups is 2. The summed E-state index contributed by atoms with van der Waals surface area (Å²) in [6.45, 7) is 9.15. The Morgan fingerprint density at radius 1 is 0.440 bits per heavy atom. The molecule has 25 heavy (non-hydrogen) atoms. The summed E-state index contributed by atoms with van der Waals surface area (Å²) in [5.41, 5.74) is 0. The molecule has 2 N–H and O–H groups in total. The molecular formula is C19H44N4O2. The van der Waals surface area contributed by atoms with Crippen LogP contribution in [0.2, 0.25) is 0 Å². The maximum Gasteiger partial charge on any atom is 0.0443 e. The third-order valence-corrected chi connectivity index (χ3v) is 4.37. The molecule has 6 nitrogen and oxygen atoms in total. The summed E-state index contributed by atoms with van der Waals surface area (Å²) in [7, 11) is 8.54. The minimum Gasteiger partial charge on any atom is -0.396 e. The Kier molecular flexibility index (Phi) is 17.0. The molecule has 0 heterocycles. The topological polar surface area (TPSA) is 53.4 Å². The highest BCUT2D eigenvalue weighted by atomic mass is 16.3. The van der Waals surface area contributed by atoms with E-state index in [1.165, 1.54) is 25.9 Å². The lowest BCUT2D eigenvalue weighted by Crippen LogP contribution is -2.34. The fraction of sp³-hybridized carbons (Fsp3) is 1.00. The largest absolute Gasteiger partial charge is 0.396 e. The zero-order valence-electron chi connectivity index (χ0n) is 17.3. The van der Waals surface area contributed by atoms with E-state index in [0.717, 1.165) is 58.5 Å². The number of hydrogen-bond donors (Lipinski definition) is 2. The van der Waals surface area contributed by atoms with E-state index in [2.05, 4.69) is 47.8 Å². The first-order valence-corrected chi connectivity index (χ1v) is 9.95. The van der Waals surface area contributed by atoms with Crippen molar-refractivity contribution in [3.63, 3.8) is 0 Å². The van der Waals surface area contributed by atoms with E-state index in [9.17, 15) is 0 Å². The SMILES string of the molecule is CN(C)CCCN(CCCN(C)C)CCCN(CCCO)CCCO. The lowest BCUT2D eigenvalue weighted by atomic mass is 10.2. The Morgan fingerprint density at radius 2 is 0.720 bits per heavy atom. The van der Waals surface area contributed by atoms with Gasteiger partial charge >= 0.3 is 0 Å². The lowest BCUT2D eigenvalue weighted by Gasteiger charge is -2.26. The summed E-state index contributed by atoms with van der Waals surface area (Å²) in [5, 5.41) is 18.1. The Labute approximate surface area is 156 Å². The van der Waals surface area contributed by atoms with Gasteiger partial charge in [0.2, 0.25) is 0 Å². The van der Waals surface area contributed by atoms with Gasteiger partial charge in [0.25, 0.3) is 0 Å². The minimum atomic E-state index is 0.247. The van der Waals surface area contributed by atoms with Gasteiger partial charge in [-0.15, -0.1) is 0 Å². The van der Waals surface area contributed by atoms with Crippen LogP contribution in [-0.4, -0.2) is 124 Å². The van der Waals surface area contributed by atoms with Gasteiger partial charge in [-0.2, -0.15) is 0 Å². The van der Waals surface area contributed by atoms with Gasteiger partial charge in [0.05, 0.1) is 0 Å². The second-order valence-electron chi connectivity index (χ2n) is 7.50. The summed E-state index contributed by atoms with van der Waals surface area (Å²) in [6, 6.07) is 0. The van der Waals surface area contributed by atoms with Crippen LogP contribution >= 0.6 is 0 Å². The van der Waals surface area contributed by atoms with Crippen molar-refractivity contribution in [1.29, 1.82) is 0 Å². The molecule has 0 radical (unpaired) electrons. The number of aliphatic hydroxyl groups excluding tert-OH is 2. The smallest absolute Gasteiger partial charge is 0.0443 e. The van der Waals surface area contributed by atoms with Crippen LogP contribution in [0, 0.1) is 0 Å². The quantitative estimate of drug-likeness (QED) is 0.374. The van der Waals surface area contributed by atoms with Crippen molar-refractivity contribution >= 4 is 0 Å². The highest BCUT2D eigenvalue weighted by Gasteiger charge is 2.08. The third-order valence-electron chi connectivity index (χ3n) is 4.37. The molecule has 0 fully saturated rings. The summed E-state index contributed by atoms with van der Waals surface area (Å²) < 4.78 is 0. The normalized spacial score (nSPS) is 12.2. The van der Waals surface area contributed by atoms with Crippen LogP contribution in [0.3, 0.4) is 0 Å². The molecule has 0 bridgehead atoms. The summed E-state index contributed by atoms with van der Waals surface area (Å²) in [5.74, 6) is 0. The zero-order valence-corrected chi connectivity index (χ0v) is 17.3. The van der Waals surface area contributed by atoms with Gasteiger partial charge in [-0.3, -0.25) is 0 Å². The molecule has 0 amide bonds. The molecule has 6 heteroatoms. The van der Waals surface area contributed by atoms with Crippen LogP contribution in [0.25, 0.3) is 0 Å². The highest BCUT2D eigenvalue weighted by Crippen LogP contribution is 2.02. The van der Waals surface area contributed by atoms with Gasteiger partial charge in [0, 0.05) is 26.3 Å². The molecule has 0 spiro atoms. The van der Waals surface area contributed by atoms with Crippen LogP contribution in [0.5, 0.6) is 0 Å². The molecule has 0 saturated carbocycles. The van der Waals surface area contributed by atoms with Crippen molar-refractivity contribution in [2.24, 2.45) is 0 Å². The van der Waals surface area contributed by atoms with Crippen LogP contribution in [0.1, 0.15) is 32.1 Å². The first-order chi connectivity index (χ1) is 12.0. The van der Waals surface area contributed by atoms with Gasteiger partial charge in [-0.1, -0.05) is 0 Å². The fourth-order valence-electron chi connectivity index (χ4n) is 3.00. The molecule has 0 unspecified atom stereocenters. The van der Waals surface area contributed by atoms with Gasteiger partial charge in [-0.05, 0) is 99.6 Å². The van der Waals surface area contributed by atoms with Crippen molar-refractivity contribution in [3.8, 4) is 0 Å². The summed E-state index contributed by atoms with van der Waals surface area (Å²) >= 11 is 0. The molecular weight excluding hydrogens is 316 g/mol. The second-order valence-corrected chi connectivity index (χ2v) is 7.50. The van der Waals surface area contributed by atoms with E-state index in [1.807, 2.05) is 0 Å². The van der Waals surface area contributed by atoms with E-state index in [0.29, 0.717) is 0 Å². The molecule has 0 aromatic carbocycles. The first kappa shape index (κ1) is 24.8. The molecule has 0 saturated heterocycles. The van der Waals surface area contributed by atoms with E-state index < -0.39 is 0 Å².